The van der Waals surface area contributed by atoms with Crippen LogP contribution in [0.15, 0.2) is 42.5 Å². The number of hydrogen-bond acceptors (Lipinski definition) is 3. The van der Waals surface area contributed by atoms with Crippen LogP contribution in [-0.4, -0.2) is 24.5 Å². The number of thioether (sulfide) groups is 1. The summed E-state index contributed by atoms with van der Waals surface area (Å²) in [7, 11) is 1.57. The Bertz CT molecular complexity index is 700. The molecule has 0 saturated carbocycles. The minimum Gasteiger partial charge on any atom is -0.495 e. The maximum absolute atomic E-state index is 13.5. The minimum absolute atomic E-state index is 0.161. The number of methoxy groups -OCH3 is 1. The van der Waals surface area contributed by atoms with E-state index in [0.29, 0.717) is 28.2 Å². The fourth-order valence-electron chi connectivity index (χ4n) is 1.95. The van der Waals surface area contributed by atoms with Gasteiger partial charge in [0.15, 0.2) is 5.11 Å². The van der Waals surface area contributed by atoms with E-state index in [4.69, 9.17) is 28.6 Å². The molecule has 0 aliphatic rings. The van der Waals surface area contributed by atoms with Crippen LogP contribution in [0.1, 0.15) is 5.56 Å². The largest absolute Gasteiger partial charge is 0.495 e. The summed E-state index contributed by atoms with van der Waals surface area (Å²) >= 11 is 13.0. The lowest BCUT2D eigenvalue weighted by molar-refractivity contribution is 0.415. The summed E-state index contributed by atoms with van der Waals surface area (Å²) in [4.78, 5) is 0. The molecule has 0 aromatic heterocycles. The van der Waals surface area contributed by atoms with Crippen molar-refractivity contribution in [1.29, 1.82) is 0 Å². The lowest BCUT2D eigenvalue weighted by Crippen LogP contribution is -2.30. The van der Waals surface area contributed by atoms with Gasteiger partial charge < -0.3 is 15.4 Å². The van der Waals surface area contributed by atoms with E-state index in [0.717, 1.165) is 17.0 Å². The molecule has 0 aliphatic heterocycles. The first-order chi connectivity index (χ1) is 11.6. The van der Waals surface area contributed by atoms with Crippen molar-refractivity contribution in [3.63, 3.8) is 0 Å². The summed E-state index contributed by atoms with van der Waals surface area (Å²) in [6.07, 6.45) is 0. The number of nitrogens with one attached hydrogen (secondary N) is 2. The van der Waals surface area contributed by atoms with Crippen LogP contribution >= 0.6 is 35.6 Å². The highest BCUT2D eigenvalue weighted by molar-refractivity contribution is 7.98. The van der Waals surface area contributed by atoms with Crippen LogP contribution in [0.5, 0.6) is 5.75 Å². The highest BCUT2D eigenvalue weighted by atomic mass is 35.5. The van der Waals surface area contributed by atoms with Crippen LogP contribution in [0, 0.1) is 5.82 Å². The Kier molecular flexibility index (Phi) is 7.62. The maximum Gasteiger partial charge on any atom is 0.170 e. The number of rotatable bonds is 7. The molecule has 0 bridgehead atoms. The van der Waals surface area contributed by atoms with Gasteiger partial charge >= 0.3 is 0 Å². The Morgan fingerprint density at radius 3 is 2.79 bits per heavy atom. The summed E-state index contributed by atoms with van der Waals surface area (Å²) in [6, 6.07) is 12.2. The molecule has 0 saturated heterocycles. The minimum atomic E-state index is -0.161. The zero-order valence-corrected chi connectivity index (χ0v) is 15.5. The second-order valence-corrected chi connectivity index (χ2v) is 6.79. The van der Waals surface area contributed by atoms with Crippen LogP contribution in [-0.2, 0) is 5.75 Å². The number of ether oxygens (including phenoxy) is 1. The Hall–Kier alpha value is -1.50. The average Bonchev–Trinajstić information content (AvgIpc) is 2.56. The molecule has 0 amide bonds. The van der Waals surface area contributed by atoms with Gasteiger partial charge in [-0.05, 0) is 42.0 Å². The second kappa shape index (κ2) is 9.71. The summed E-state index contributed by atoms with van der Waals surface area (Å²) in [6.45, 7) is 0.689. The van der Waals surface area contributed by atoms with E-state index in [2.05, 4.69) is 10.6 Å². The van der Waals surface area contributed by atoms with Gasteiger partial charge in [0.2, 0.25) is 0 Å². The van der Waals surface area contributed by atoms with E-state index < -0.39 is 0 Å². The van der Waals surface area contributed by atoms with Gasteiger partial charge in [0, 0.05) is 23.7 Å². The molecule has 0 unspecified atom stereocenters. The monoisotopic (exact) mass is 384 g/mol. The van der Waals surface area contributed by atoms with Crippen molar-refractivity contribution in [2.24, 2.45) is 0 Å². The Morgan fingerprint density at radius 2 is 2.08 bits per heavy atom. The number of anilines is 1. The molecule has 2 N–H and O–H groups in total. The van der Waals surface area contributed by atoms with Crippen LogP contribution < -0.4 is 15.4 Å². The van der Waals surface area contributed by atoms with Gasteiger partial charge in [-0.2, -0.15) is 11.8 Å². The summed E-state index contributed by atoms with van der Waals surface area (Å²) < 4.78 is 18.6. The Balaban J connectivity index is 1.68. The standard InChI is InChI=1S/C17H18ClFN2OS2/c1-22-16-7-6-13(10-14(16)18)21-17(23)20-8-9-24-11-12-4-2-3-5-15(12)19/h2-7,10H,8-9,11H2,1H3,(H2,20,21,23). The van der Waals surface area contributed by atoms with Gasteiger partial charge in [-0.1, -0.05) is 29.8 Å². The molecule has 0 radical (unpaired) electrons. The van der Waals surface area contributed by atoms with Crippen molar-refractivity contribution >= 4 is 46.4 Å². The molecule has 0 spiro atoms. The van der Waals surface area contributed by atoms with E-state index in [-0.39, 0.29) is 5.82 Å². The number of benzene rings is 2. The predicted molar refractivity (Wildman–Crippen MR) is 105 cm³/mol. The van der Waals surface area contributed by atoms with Gasteiger partial charge in [-0.15, -0.1) is 0 Å². The molecule has 24 heavy (non-hydrogen) atoms. The van der Waals surface area contributed by atoms with Crippen molar-refractivity contribution in [2.45, 2.75) is 5.75 Å². The molecule has 7 heteroatoms. The highest BCUT2D eigenvalue weighted by Crippen LogP contribution is 2.27. The molecule has 2 rings (SSSR count). The van der Waals surface area contributed by atoms with Crippen LogP contribution in [0.3, 0.4) is 0 Å². The van der Waals surface area contributed by atoms with Gasteiger partial charge in [0.1, 0.15) is 11.6 Å². The number of thiocarbonyl (C=S) groups is 1. The van der Waals surface area contributed by atoms with E-state index in [1.807, 2.05) is 12.1 Å². The topological polar surface area (TPSA) is 33.3 Å². The average molecular weight is 385 g/mol. The summed E-state index contributed by atoms with van der Waals surface area (Å²) in [5.41, 5.74) is 1.51. The fourth-order valence-corrected chi connectivity index (χ4v) is 3.28. The second-order valence-electron chi connectivity index (χ2n) is 4.87. The quantitative estimate of drug-likeness (QED) is 0.533. The van der Waals surface area contributed by atoms with E-state index >= 15 is 0 Å². The Morgan fingerprint density at radius 1 is 1.29 bits per heavy atom. The third-order valence-corrected chi connectivity index (χ3v) is 4.71. The van der Waals surface area contributed by atoms with Crippen molar-refractivity contribution < 1.29 is 9.13 Å². The summed E-state index contributed by atoms with van der Waals surface area (Å²) in [5.74, 6) is 1.92. The van der Waals surface area contributed by atoms with Gasteiger partial charge in [-0.25, -0.2) is 4.39 Å². The fraction of sp³-hybridized carbons (Fsp3) is 0.235. The third-order valence-electron chi connectivity index (χ3n) is 3.16. The first kappa shape index (κ1) is 18.8. The molecule has 0 aliphatic carbocycles. The maximum atomic E-state index is 13.5. The van der Waals surface area contributed by atoms with Crippen molar-refractivity contribution in [2.75, 3.05) is 24.7 Å². The first-order valence-corrected chi connectivity index (χ1v) is 9.24. The normalized spacial score (nSPS) is 10.3. The van der Waals surface area contributed by atoms with Crippen molar-refractivity contribution in [1.82, 2.24) is 5.32 Å². The van der Waals surface area contributed by atoms with Gasteiger partial charge in [-0.3, -0.25) is 0 Å². The van der Waals surface area contributed by atoms with Gasteiger partial charge in [0.05, 0.1) is 12.1 Å². The first-order valence-electron chi connectivity index (χ1n) is 7.29. The van der Waals surface area contributed by atoms with E-state index in [9.17, 15) is 4.39 Å². The highest BCUT2D eigenvalue weighted by Gasteiger charge is 2.04. The molecular weight excluding hydrogens is 367 g/mol. The molecular formula is C17H18ClFN2OS2. The molecule has 0 heterocycles. The lowest BCUT2D eigenvalue weighted by atomic mass is 10.2. The number of hydrogen-bond donors (Lipinski definition) is 2. The zero-order valence-electron chi connectivity index (χ0n) is 13.1. The predicted octanol–water partition coefficient (Wildman–Crippen LogP) is 4.71. The zero-order chi connectivity index (χ0) is 17.4. The third kappa shape index (κ3) is 5.85. The van der Waals surface area contributed by atoms with Crippen molar-refractivity contribution in [3.05, 3.63) is 58.9 Å². The molecule has 0 fully saturated rings. The Labute approximate surface area is 155 Å². The SMILES string of the molecule is COc1ccc(NC(=S)NCCSCc2ccccc2F)cc1Cl. The smallest absolute Gasteiger partial charge is 0.170 e. The van der Waals surface area contributed by atoms with Crippen LogP contribution in [0.4, 0.5) is 10.1 Å². The van der Waals surface area contributed by atoms with E-state index in [1.54, 1.807) is 43.1 Å². The van der Waals surface area contributed by atoms with E-state index in [1.165, 1.54) is 6.07 Å². The number of halogens is 2. The summed E-state index contributed by atoms with van der Waals surface area (Å²) in [5, 5.41) is 7.21. The van der Waals surface area contributed by atoms with Gasteiger partial charge in [0.25, 0.3) is 0 Å². The molecule has 0 atom stereocenters. The molecule has 2 aromatic rings. The lowest BCUT2D eigenvalue weighted by Gasteiger charge is -2.11. The molecule has 3 nitrogen and oxygen atoms in total. The molecule has 128 valence electrons. The van der Waals surface area contributed by atoms with Crippen molar-refractivity contribution in [3.8, 4) is 5.75 Å². The van der Waals surface area contributed by atoms with Crippen LogP contribution in [0.25, 0.3) is 0 Å². The molecule has 2 aromatic carbocycles. The van der Waals surface area contributed by atoms with Crippen LogP contribution in [0.2, 0.25) is 5.02 Å².